The highest BCUT2D eigenvalue weighted by Crippen LogP contribution is 2.42. The molecule has 0 bridgehead atoms. The molecule has 1 amide bonds. The molecule has 1 aliphatic heterocycles. The first-order chi connectivity index (χ1) is 15.9. The van der Waals surface area contributed by atoms with Crippen LogP contribution in [0.1, 0.15) is 29.9 Å². The first kappa shape index (κ1) is 22.7. The van der Waals surface area contributed by atoms with Crippen molar-refractivity contribution < 1.29 is 28.6 Å². The number of benzene rings is 2. The van der Waals surface area contributed by atoms with E-state index in [1.165, 1.54) is 18.3 Å². The molecule has 1 aromatic heterocycles. The molecule has 1 unspecified atom stereocenters. The summed E-state index contributed by atoms with van der Waals surface area (Å²) in [7, 11) is 1.52. The second kappa shape index (κ2) is 9.54. The Morgan fingerprint density at radius 1 is 1.12 bits per heavy atom. The fraction of sp³-hybridized carbons (Fsp3) is 0.200. The molecule has 1 N–H and O–H groups in total. The van der Waals surface area contributed by atoms with Crippen molar-refractivity contribution in [1.82, 2.24) is 4.90 Å². The molecule has 0 saturated carbocycles. The number of aliphatic hydroxyl groups excluding tert-OH is 1. The highest BCUT2D eigenvalue weighted by molar-refractivity contribution is 9.10. The van der Waals surface area contributed by atoms with E-state index < -0.39 is 17.7 Å². The standard InChI is InChI=1S/C25H22BrNO6/c1-3-32-19-11-8-16(13-20(19)31-2)22-21(23(28)15-6-9-17(26)10-7-15)24(29)25(30)27(22)14-18-5-4-12-33-18/h4-13,22,28H,3,14H2,1-2H3. The predicted octanol–water partition coefficient (Wildman–Crippen LogP) is 5.07. The van der Waals surface area contributed by atoms with Crippen LogP contribution in [0.3, 0.4) is 0 Å². The largest absolute Gasteiger partial charge is 0.507 e. The lowest BCUT2D eigenvalue weighted by Crippen LogP contribution is -2.29. The number of ether oxygens (including phenoxy) is 2. The zero-order valence-corrected chi connectivity index (χ0v) is 19.7. The normalized spacial score (nSPS) is 17.4. The monoisotopic (exact) mass is 511 g/mol. The van der Waals surface area contributed by atoms with Gasteiger partial charge in [-0.3, -0.25) is 9.59 Å². The Morgan fingerprint density at radius 3 is 2.52 bits per heavy atom. The van der Waals surface area contributed by atoms with E-state index in [4.69, 9.17) is 13.9 Å². The van der Waals surface area contributed by atoms with E-state index in [9.17, 15) is 14.7 Å². The molecule has 0 aliphatic carbocycles. The van der Waals surface area contributed by atoms with Gasteiger partial charge < -0.3 is 23.9 Å². The number of ketones is 1. The van der Waals surface area contributed by atoms with Gasteiger partial charge >= 0.3 is 0 Å². The summed E-state index contributed by atoms with van der Waals surface area (Å²) in [4.78, 5) is 27.6. The van der Waals surface area contributed by atoms with Gasteiger partial charge in [0, 0.05) is 10.0 Å². The van der Waals surface area contributed by atoms with Crippen LogP contribution < -0.4 is 9.47 Å². The molecule has 2 heterocycles. The smallest absolute Gasteiger partial charge is 0.296 e. The molecule has 1 saturated heterocycles. The summed E-state index contributed by atoms with van der Waals surface area (Å²) in [6.45, 7) is 2.38. The van der Waals surface area contributed by atoms with Gasteiger partial charge in [-0.15, -0.1) is 0 Å². The Bertz CT molecular complexity index is 1200. The van der Waals surface area contributed by atoms with Gasteiger partial charge in [0.05, 0.1) is 38.1 Å². The van der Waals surface area contributed by atoms with Crippen LogP contribution in [0.15, 0.2) is 75.3 Å². The van der Waals surface area contributed by atoms with Crippen LogP contribution >= 0.6 is 15.9 Å². The van der Waals surface area contributed by atoms with Crippen LogP contribution in [0, 0.1) is 0 Å². The van der Waals surface area contributed by atoms with E-state index in [1.807, 2.05) is 6.92 Å². The Labute approximate surface area is 199 Å². The van der Waals surface area contributed by atoms with Gasteiger partial charge in [0.25, 0.3) is 11.7 Å². The van der Waals surface area contributed by atoms with Crippen LogP contribution in [0.25, 0.3) is 5.76 Å². The third-order valence-corrected chi connectivity index (χ3v) is 5.90. The van der Waals surface area contributed by atoms with E-state index in [-0.39, 0.29) is 17.9 Å². The molecule has 2 aromatic carbocycles. The number of Topliss-reactive ketones (excluding diaryl/α,β-unsaturated/α-hetero) is 1. The van der Waals surface area contributed by atoms with Gasteiger partial charge in [-0.2, -0.15) is 0 Å². The number of likely N-dealkylation sites (tertiary alicyclic amines) is 1. The number of methoxy groups -OCH3 is 1. The third-order valence-electron chi connectivity index (χ3n) is 5.37. The molecular weight excluding hydrogens is 490 g/mol. The fourth-order valence-corrected chi connectivity index (χ4v) is 4.12. The lowest BCUT2D eigenvalue weighted by atomic mass is 9.95. The number of carbonyl (C=O) groups excluding carboxylic acids is 2. The highest BCUT2D eigenvalue weighted by Gasteiger charge is 2.46. The predicted molar refractivity (Wildman–Crippen MR) is 125 cm³/mol. The Balaban J connectivity index is 1.87. The van der Waals surface area contributed by atoms with E-state index in [0.717, 1.165) is 4.47 Å². The summed E-state index contributed by atoms with van der Waals surface area (Å²) in [5, 5.41) is 11.1. The van der Waals surface area contributed by atoms with Crippen LogP contribution in [0.4, 0.5) is 0 Å². The maximum Gasteiger partial charge on any atom is 0.296 e. The van der Waals surface area contributed by atoms with E-state index in [1.54, 1.807) is 54.6 Å². The quantitative estimate of drug-likeness (QED) is 0.270. The number of furan rings is 1. The molecule has 0 radical (unpaired) electrons. The first-order valence-electron chi connectivity index (χ1n) is 10.3. The molecule has 1 atom stereocenters. The summed E-state index contributed by atoms with van der Waals surface area (Å²) in [6, 6.07) is 14.6. The third kappa shape index (κ3) is 4.39. The second-order valence-corrected chi connectivity index (χ2v) is 8.27. The lowest BCUT2D eigenvalue weighted by Gasteiger charge is -2.25. The molecule has 1 aliphatic rings. The molecule has 7 nitrogen and oxygen atoms in total. The van der Waals surface area contributed by atoms with Gasteiger partial charge in [-0.25, -0.2) is 0 Å². The van der Waals surface area contributed by atoms with Gasteiger partial charge in [0.15, 0.2) is 11.5 Å². The zero-order valence-electron chi connectivity index (χ0n) is 18.1. The molecular formula is C25H22BrNO6. The van der Waals surface area contributed by atoms with Crippen LogP contribution in [-0.2, 0) is 16.1 Å². The number of hydrogen-bond donors (Lipinski definition) is 1. The van der Waals surface area contributed by atoms with E-state index in [2.05, 4.69) is 15.9 Å². The SMILES string of the molecule is CCOc1ccc(C2C(=C(O)c3ccc(Br)cc3)C(=O)C(=O)N2Cc2ccco2)cc1OC. The average Bonchev–Trinajstić information content (AvgIpc) is 3.42. The first-order valence-corrected chi connectivity index (χ1v) is 11.1. The maximum atomic E-state index is 13.1. The minimum atomic E-state index is -0.844. The van der Waals surface area contributed by atoms with Crippen molar-refractivity contribution in [2.45, 2.75) is 19.5 Å². The fourth-order valence-electron chi connectivity index (χ4n) is 3.85. The van der Waals surface area contributed by atoms with Crippen molar-refractivity contribution in [3.8, 4) is 11.5 Å². The maximum absolute atomic E-state index is 13.1. The Hall–Kier alpha value is -3.52. The van der Waals surface area contributed by atoms with Crippen LogP contribution in [0.5, 0.6) is 11.5 Å². The molecule has 1 fully saturated rings. The average molecular weight is 512 g/mol. The number of carbonyl (C=O) groups is 2. The molecule has 4 rings (SSSR count). The van der Waals surface area contributed by atoms with Crippen molar-refractivity contribution in [3.63, 3.8) is 0 Å². The summed E-state index contributed by atoms with van der Waals surface area (Å²) in [6.07, 6.45) is 1.50. The Morgan fingerprint density at radius 2 is 1.88 bits per heavy atom. The van der Waals surface area contributed by atoms with E-state index >= 15 is 0 Å². The minimum absolute atomic E-state index is 0.0000847. The van der Waals surface area contributed by atoms with Gasteiger partial charge in [-0.05, 0) is 48.9 Å². The lowest BCUT2D eigenvalue weighted by molar-refractivity contribution is -0.140. The number of hydrogen-bond acceptors (Lipinski definition) is 6. The second-order valence-electron chi connectivity index (χ2n) is 7.36. The number of nitrogens with zero attached hydrogens (tertiary/aromatic N) is 1. The molecule has 3 aromatic rings. The molecule has 0 spiro atoms. The van der Waals surface area contributed by atoms with Crippen LogP contribution in [0.2, 0.25) is 0 Å². The van der Waals surface area contributed by atoms with Gasteiger partial charge in [-0.1, -0.05) is 34.1 Å². The van der Waals surface area contributed by atoms with Crippen molar-refractivity contribution in [2.24, 2.45) is 0 Å². The van der Waals surface area contributed by atoms with Crippen molar-refractivity contribution in [2.75, 3.05) is 13.7 Å². The number of rotatable bonds is 7. The molecule has 8 heteroatoms. The zero-order chi connectivity index (χ0) is 23.5. The van der Waals surface area contributed by atoms with Gasteiger partial charge in [0.1, 0.15) is 11.5 Å². The number of amides is 1. The van der Waals surface area contributed by atoms with E-state index in [0.29, 0.717) is 35.0 Å². The Kier molecular flexibility index (Phi) is 6.55. The summed E-state index contributed by atoms with van der Waals surface area (Å²) in [5.74, 6) is -0.215. The number of halogens is 1. The van der Waals surface area contributed by atoms with Crippen molar-refractivity contribution in [3.05, 3.63) is 87.8 Å². The number of aliphatic hydroxyl groups is 1. The molecule has 33 heavy (non-hydrogen) atoms. The van der Waals surface area contributed by atoms with Crippen molar-refractivity contribution >= 4 is 33.4 Å². The minimum Gasteiger partial charge on any atom is -0.507 e. The highest BCUT2D eigenvalue weighted by atomic mass is 79.9. The van der Waals surface area contributed by atoms with Crippen LogP contribution in [-0.4, -0.2) is 35.4 Å². The topological polar surface area (TPSA) is 89.2 Å². The molecule has 170 valence electrons. The summed E-state index contributed by atoms with van der Waals surface area (Å²) >= 11 is 3.36. The summed E-state index contributed by atoms with van der Waals surface area (Å²) in [5.41, 5.74) is 1.02. The van der Waals surface area contributed by atoms with Crippen molar-refractivity contribution in [1.29, 1.82) is 0 Å². The summed E-state index contributed by atoms with van der Waals surface area (Å²) < 4.78 is 17.3. The van der Waals surface area contributed by atoms with Gasteiger partial charge in [0.2, 0.25) is 0 Å².